The lowest BCUT2D eigenvalue weighted by atomic mass is 9.88. The first-order valence-corrected chi connectivity index (χ1v) is 8.33. The summed E-state index contributed by atoms with van der Waals surface area (Å²) in [4.78, 5) is 0. The summed E-state index contributed by atoms with van der Waals surface area (Å²) in [5, 5.41) is 7.66. The highest BCUT2D eigenvalue weighted by molar-refractivity contribution is 4.93. The predicted molar refractivity (Wildman–Crippen MR) is 80.5 cm³/mol. The first-order valence-electron chi connectivity index (χ1n) is 8.33. The van der Waals surface area contributed by atoms with Gasteiger partial charge >= 0.3 is 0 Å². The van der Waals surface area contributed by atoms with Gasteiger partial charge in [0.15, 0.2) is 0 Å². The number of ether oxygens (including phenoxy) is 1. The fourth-order valence-electron chi connectivity index (χ4n) is 3.99. The van der Waals surface area contributed by atoms with E-state index < -0.39 is 0 Å². The van der Waals surface area contributed by atoms with Gasteiger partial charge < -0.3 is 15.4 Å². The first-order chi connectivity index (χ1) is 9.35. The molecule has 0 bridgehead atoms. The Morgan fingerprint density at radius 1 is 1.21 bits per heavy atom. The van der Waals surface area contributed by atoms with Gasteiger partial charge in [0.1, 0.15) is 0 Å². The lowest BCUT2D eigenvalue weighted by Gasteiger charge is -2.35. The third-order valence-corrected chi connectivity index (χ3v) is 4.89. The van der Waals surface area contributed by atoms with E-state index in [0.717, 1.165) is 18.6 Å². The minimum absolute atomic E-state index is 0.546. The van der Waals surface area contributed by atoms with E-state index in [-0.39, 0.29) is 0 Å². The van der Waals surface area contributed by atoms with Crippen LogP contribution in [0.4, 0.5) is 0 Å². The molecular weight excluding hydrogens is 236 g/mol. The van der Waals surface area contributed by atoms with Crippen LogP contribution >= 0.6 is 0 Å². The van der Waals surface area contributed by atoms with Gasteiger partial charge in [0.2, 0.25) is 0 Å². The van der Waals surface area contributed by atoms with Crippen LogP contribution in [-0.2, 0) is 4.74 Å². The molecule has 0 aromatic rings. The number of hydrogen-bond acceptors (Lipinski definition) is 3. The fraction of sp³-hybridized carbons (Fsp3) is 1.00. The van der Waals surface area contributed by atoms with Crippen molar-refractivity contribution in [2.24, 2.45) is 5.92 Å². The number of rotatable bonds is 7. The van der Waals surface area contributed by atoms with Crippen molar-refractivity contribution in [3.8, 4) is 0 Å². The maximum Gasteiger partial charge on any atom is 0.0615 e. The van der Waals surface area contributed by atoms with Gasteiger partial charge in [-0.25, -0.2) is 0 Å². The average Bonchev–Trinajstić information content (AvgIpc) is 2.88. The predicted octanol–water partition coefficient (Wildman–Crippen LogP) is 2.70. The van der Waals surface area contributed by atoms with Crippen molar-refractivity contribution >= 4 is 0 Å². The summed E-state index contributed by atoms with van der Waals surface area (Å²) in [5.74, 6) is 0.844. The molecular formula is C16H32N2O. The lowest BCUT2D eigenvalue weighted by Crippen LogP contribution is -2.50. The molecule has 1 aliphatic carbocycles. The highest BCUT2D eigenvalue weighted by Crippen LogP contribution is 2.32. The van der Waals surface area contributed by atoms with Crippen molar-refractivity contribution in [1.82, 2.24) is 10.6 Å². The molecule has 2 N–H and O–H groups in total. The van der Waals surface area contributed by atoms with Gasteiger partial charge in [0, 0.05) is 25.2 Å². The van der Waals surface area contributed by atoms with Gasteiger partial charge in [-0.2, -0.15) is 0 Å². The molecule has 4 atom stereocenters. The fourth-order valence-corrected chi connectivity index (χ4v) is 3.99. The standard InChI is InChI=1S/C16H32N2O/c1-3-7-13(12-19-2)18-16-10-6-8-14(16)15-9-4-5-11-17-15/h13-18H,3-12H2,1-2H3. The minimum atomic E-state index is 0.546. The van der Waals surface area contributed by atoms with Gasteiger partial charge in [-0.3, -0.25) is 0 Å². The zero-order valence-corrected chi connectivity index (χ0v) is 12.8. The number of methoxy groups -OCH3 is 1. The molecule has 4 unspecified atom stereocenters. The summed E-state index contributed by atoms with van der Waals surface area (Å²) in [6.07, 6.45) is 10.8. The average molecular weight is 268 g/mol. The Balaban J connectivity index is 1.85. The Morgan fingerprint density at radius 2 is 2.11 bits per heavy atom. The topological polar surface area (TPSA) is 33.3 Å². The van der Waals surface area contributed by atoms with Crippen LogP contribution in [0.3, 0.4) is 0 Å². The van der Waals surface area contributed by atoms with E-state index in [2.05, 4.69) is 17.6 Å². The van der Waals surface area contributed by atoms with E-state index >= 15 is 0 Å². The van der Waals surface area contributed by atoms with Crippen LogP contribution in [0.1, 0.15) is 58.3 Å². The SMILES string of the molecule is CCCC(COC)NC1CCCC1C1CCCCN1. The summed E-state index contributed by atoms with van der Waals surface area (Å²) in [5.41, 5.74) is 0. The lowest BCUT2D eigenvalue weighted by molar-refractivity contribution is 0.145. The summed E-state index contributed by atoms with van der Waals surface area (Å²) < 4.78 is 5.37. The molecule has 0 spiro atoms. The van der Waals surface area contributed by atoms with Crippen LogP contribution in [-0.4, -0.2) is 38.4 Å². The van der Waals surface area contributed by atoms with Crippen LogP contribution < -0.4 is 10.6 Å². The highest BCUT2D eigenvalue weighted by Gasteiger charge is 2.34. The normalized spacial score (nSPS) is 33.5. The summed E-state index contributed by atoms with van der Waals surface area (Å²) in [7, 11) is 1.82. The molecule has 0 amide bonds. The molecule has 1 saturated carbocycles. The summed E-state index contributed by atoms with van der Waals surface area (Å²) >= 11 is 0. The number of piperidine rings is 1. The Morgan fingerprint density at radius 3 is 2.79 bits per heavy atom. The maximum atomic E-state index is 5.37. The number of nitrogens with one attached hydrogen (secondary N) is 2. The first kappa shape index (κ1) is 15.3. The van der Waals surface area contributed by atoms with Crippen LogP contribution in [0.5, 0.6) is 0 Å². The second-order valence-electron chi connectivity index (χ2n) is 6.37. The molecule has 1 heterocycles. The van der Waals surface area contributed by atoms with Gasteiger partial charge in [-0.15, -0.1) is 0 Å². The quantitative estimate of drug-likeness (QED) is 0.745. The third-order valence-electron chi connectivity index (χ3n) is 4.89. The van der Waals surface area contributed by atoms with Gasteiger partial charge in [-0.05, 0) is 44.6 Å². The van der Waals surface area contributed by atoms with E-state index in [1.807, 2.05) is 7.11 Å². The minimum Gasteiger partial charge on any atom is -0.383 e. The van der Waals surface area contributed by atoms with Gasteiger partial charge in [-0.1, -0.05) is 26.2 Å². The highest BCUT2D eigenvalue weighted by atomic mass is 16.5. The molecule has 1 saturated heterocycles. The largest absolute Gasteiger partial charge is 0.383 e. The molecule has 2 aliphatic rings. The van der Waals surface area contributed by atoms with E-state index in [0.29, 0.717) is 12.1 Å². The van der Waals surface area contributed by atoms with Gasteiger partial charge in [0.25, 0.3) is 0 Å². The molecule has 0 aromatic heterocycles. The molecule has 3 heteroatoms. The summed E-state index contributed by atoms with van der Waals surface area (Å²) in [6, 6.07) is 2.02. The smallest absolute Gasteiger partial charge is 0.0615 e. The molecule has 0 aromatic carbocycles. The van der Waals surface area contributed by atoms with Crippen LogP contribution in [0.25, 0.3) is 0 Å². The zero-order valence-electron chi connectivity index (χ0n) is 12.8. The second-order valence-corrected chi connectivity index (χ2v) is 6.37. The van der Waals surface area contributed by atoms with Crippen LogP contribution in [0.2, 0.25) is 0 Å². The molecule has 0 radical (unpaired) electrons. The van der Waals surface area contributed by atoms with Crippen LogP contribution in [0, 0.1) is 5.92 Å². The molecule has 19 heavy (non-hydrogen) atoms. The number of hydrogen-bond donors (Lipinski definition) is 2. The Labute approximate surface area is 118 Å². The Hall–Kier alpha value is -0.120. The van der Waals surface area contributed by atoms with E-state index in [4.69, 9.17) is 4.74 Å². The third kappa shape index (κ3) is 4.44. The Bertz CT molecular complexity index is 235. The van der Waals surface area contributed by atoms with Crippen molar-refractivity contribution in [2.45, 2.75) is 76.4 Å². The second kappa shape index (κ2) is 8.23. The maximum absolute atomic E-state index is 5.37. The van der Waals surface area contributed by atoms with Gasteiger partial charge in [0.05, 0.1) is 6.61 Å². The molecule has 1 aliphatic heterocycles. The monoisotopic (exact) mass is 268 g/mol. The van der Waals surface area contributed by atoms with Crippen molar-refractivity contribution in [3.63, 3.8) is 0 Å². The summed E-state index contributed by atoms with van der Waals surface area (Å²) in [6.45, 7) is 4.35. The van der Waals surface area contributed by atoms with Crippen molar-refractivity contribution in [2.75, 3.05) is 20.3 Å². The van der Waals surface area contributed by atoms with Crippen LogP contribution in [0.15, 0.2) is 0 Å². The van der Waals surface area contributed by atoms with Crippen molar-refractivity contribution in [3.05, 3.63) is 0 Å². The van der Waals surface area contributed by atoms with E-state index in [1.54, 1.807) is 0 Å². The molecule has 112 valence electrons. The Kier molecular flexibility index (Phi) is 6.62. The molecule has 2 fully saturated rings. The van der Waals surface area contributed by atoms with Crippen molar-refractivity contribution < 1.29 is 4.74 Å². The zero-order chi connectivity index (χ0) is 13.5. The molecule has 2 rings (SSSR count). The van der Waals surface area contributed by atoms with Crippen molar-refractivity contribution in [1.29, 1.82) is 0 Å². The van der Waals surface area contributed by atoms with E-state index in [9.17, 15) is 0 Å². The molecule has 3 nitrogen and oxygen atoms in total. The van der Waals surface area contributed by atoms with E-state index in [1.165, 1.54) is 57.9 Å².